The molecule has 6 nitrogen and oxygen atoms in total. The highest BCUT2D eigenvalue weighted by molar-refractivity contribution is 5.84. The Balaban J connectivity index is 1.53. The van der Waals surface area contributed by atoms with Crippen LogP contribution in [0.5, 0.6) is 11.5 Å². The first kappa shape index (κ1) is 21.7. The van der Waals surface area contributed by atoms with Crippen molar-refractivity contribution >= 4 is 11.8 Å². The lowest BCUT2D eigenvalue weighted by Gasteiger charge is -2.39. The minimum atomic E-state index is -0.607. The number of aryl methyl sites for hydroxylation is 1. The number of piperidine rings is 1. The first-order valence-corrected chi connectivity index (χ1v) is 10.3. The third-order valence-electron chi connectivity index (χ3n) is 5.56. The molecule has 30 heavy (non-hydrogen) atoms. The minimum Gasteiger partial charge on any atom is -0.497 e. The summed E-state index contributed by atoms with van der Waals surface area (Å²) in [5, 5.41) is 3.02. The van der Waals surface area contributed by atoms with Crippen molar-refractivity contribution in [1.29, 1.82) is 0 Å². The third-order valence-corrected chi connectivity index (χ3v) is 5.56. The van der Waals surface area contributed by atoms with Gasteiger partial charge in [-0.2, -0.15) is 0 Å². The molecule has 3 rings (SSSR count). The van der Waals surface area contributed by atoms with Crippen LogP contribution in [0.25, 0.3) is 0 Å². The molecule has 0 spiro atoms. The summed E-state index contributed by atoms with van der Waals surface area (Å²) < 4.78 is 10.8. The molecule has 160 valence electrons. The highest BCUT2D eigenvalue weighted by Gasteiger charge is 2.39. The predicted molar refractivity (Wildman–Crippen MR) is 115 cm³/mol. The maximum Gasteiger partial charge on any atom is 0.260 e. The van der Waals surface area contributed by atoms with Gasteiger partial charge in [0.05, 0.1) is 12.5 Å². The molecule has 2 aromatic carbocycles. The van der Waals surface area contributed by atoms with Crippen LogP contribution in [0.2, 0.25) is 0 Å². The van der Waals surface area contributed by atoms with Crippen LogP contribution in [-0.4, -0.2) is 43.5 Å². The van der Waals surface area contributed by atoms with Crippen molar-refractivity contribution in [2.45, 2.75) is 33.2 Å². The van der Waals surface area contributed by atoms with Gasteiger partial charge in [-0.3, -0.25) is 9.59 Å². The Labute approximate surface area is 178 Å². The molecular weight excluding hydrogens is 380 g/mol. The van der Waals surface area contributed by atoms with Gasteiger partial charge in [0.2, 0.25) is 5.91 Å². The Bertz CT molecular complexity index is 881. The molecule has 0 bridgehead atoms. The van der Waals surface area contributed by atoms with Crippen molar-refractivity contribution < 1.29 is 19.1 Å². The number of hydrogen-bond donors (Lipinski definition) is 1. The maximum absolute atomic E-state index is 12.9. The van der Waals surface area contributed by atoms with Crippen molar-refractivity contribution in [2.75, 3.05) is 26.8 Å². The molecule has 1 aliphatic rings. The molecule has 0 radical (unpaired) electrons. The number of amides is 2. The van der Waals surface area contributed by atoms with E-state index < -0.39 is 5.41 Å². The van der Waals surface area contributed by atoms with E-state index in [1.807, 2.05) is 62.4 Å². The summed E-state index contributed by atoms with van der Waals surface area (Å²) in [6, 6.07) is 15.2. The standard InChI is InChI=1S/C24H30N2O4/c1-18-6-4-7-21(14-18)30-16-22(27)26-13-5-12-24(2,17-26)23(28)25-15-19-8-10-20(29-3)11-9-19/h4,6-11,14H,5,12-13,15-17H2,1-3H3,(H,25,28). The maximum atomic E-state index is 12.9. The molecule has 1 N–H and O–H groups in total. The van der Waals surface area contributed by atoms with Gasteiger partial charge in [-0.25, -0.2) is 0 Å². The second-order valence-electron chi connectivity index (χ2n) is 8.12. The van der Waals surface area contributed by atoms with E-state index in [0.29, 0.717) is 25.4 Å². The summed E-state index contributed by atoms with van der Waals surface area (Å²) >= 11 is 0. The van der Waals surface area contributed by atoms with E-state index in [1.54, 1.807) is 12.0 Å². The van der Waals surface area contributed by atoms with Gasteiger partial charge in [-0.1, -0.05) is 24.3 Å². The number of benzene rings is 2. The summed E-state index contributed by atoms with van der Waals surface area (Å²) in [6.45, 7) is 5.39. The number of likely N-dealkylation sites (tertiary alicyclic amines) is 1. The van der Waals surface area contributed by atoms with Gasteiger partial charge in [0.15, 0.2) is 6.61 Å². The number of nitrogens with one attached hydrogen (secondary N) is 1. The summed E-state index contributed by atoms with van der Waals surface area (Å²) in [7, 11) is 1.62. The highest BCUT2D eigenvalue weighted by Crippen LogP contribution is 2.30. The van der Waals surface area contributed by atoms with Crippen molar-refractivity contribution in [2.24, 2.45) is 5.41 Å². The molecule has 0 saturated carbocycles. The smallest absolute Gasteiger partial charge is 0.260 e. The number of hydrogen-bond acceptors (Lipinski definition) is 4. The molecule has 0 aliphatic carbocycles. The van der Waals surface area contributed by atoms with Crippen LogP contribution in [-0.2, 0) is 16.1 Å². The van der Waals surface area contributed by atoms with E-state index >= 15 is 0 Å². The zero-order valence-corrected chi connectivity index (χ0v) is 17.9. The quantitative estimate of drug-likeness (QED) is 0.760. The molecular formula is C24H30N2O4. The molecule has 1 saturated heterocycles. The molecule has 1 unspecified atom stereocenters. The zero-order chi connectivity index (χ0) is 21.6. The SMILES string of the molecule is COc1ccc(CNC(=O)C2(C)CCCN(C(=O)COc3cccc(C)c3)C2)cc1. The predicted octanol–water partition coefficient (Wildman–Crippen LogP) is 3.33. The van der Waals surface area contributed by atoms with Crippen LogP contribution < -0.4 is 14.8 Å². The van der Waals surface area contributed by atoms with Crippen molar-refractivity contribution in [1.82, 2.24) is 10.2 Å². The highest BCUT2D eigenvalue weighted by atomic mass is 16.5. The average molecular weight is 411 g/mol. The Morgan fingerprint density at radius 2 is 1.90 bits per heavy atom. The Morgan fingerprint density at radius 3 is 2.60 bits per heavy atom. The number of carbonyl (C=O) groups is 2. The van der Waals surface area contributed by atoms with Gasteiger partial charge in [-0.15, -0.1) is 0 Å². The van der Waals surface area contributed by atoms with Crippen LogP contribution in [0.3, 0.4) is 0 Å². The second-order valence-corrected chi connectivity index (χ2v) is 8.12. The van der Waals surface area contributed by atoms with E-state index in [0.717, 1.165) is 29.7 Å². The van der Waals surface area contributed by atoms with Crippen molar-refractivity contribution in [3.05, 3.63) is 59.7 Å². The molecule has 1 atom stereocenters. The zero-order valence-electron chi connectivity index (χ0n) is 17.9. The average Bonchev–Trinajstić information content (AvgIpc) is 2.76. The fraction of sp³-hybridized carbons (Fsp3) is 0.417. The lowest BCUT2D eigenvalue weighted by molar-refractivity contribution is -0.142. The molecule has 1 aliphatic heterocycles. The lowest BCUT2D eigenvalue weighted by Crippen LogP contribution is -2.52. The Morgan fingerprint density at radius 1 is 1.13 bits per heavy atom. The van der Waals surface area contributed by atoms with Crippen LogP contribution in [0, 0.1) is 12.3 Å². The third kappa shape index (κ3) is 5.53. The van der Waals surface area contributed by atoms with Crippen LogP contribution in [0.15, 0.2) is 48.5 Å². The number of nitrogens with zero attached hydrogens (tertiary/aromatic N) is 1. The fourth-order valence-electron chi connectivity index (χ4n) is 3.72. The van der Waals surface area contributed by atoms with E-state index in [-0.39, 0.29) is 18.4 Å². The van der Waals surface area contributed by atoms with Crippen molar-refractivity contribution in [3.8, 4) is 11.5 Å². The van der Waals surface area contributed by atoms with Gasteiger partial charge in [0.25, 0.3) is 5.91 Å². The van der Waals surface area contributed by atoms with Gasteiger partial charge in [0.1, 0.15) is 11.5 Å². The van der Waals surface area contributed by atoms with Gasteiger partial charge >= 0.3 is 0 Å². The number of rotatable bonds is 7. The number of methoxy groups -OCH3 is 1. The summed E-state index contributed by atoms with van der Waals surface area (Å²) in [6.07, 6.45) is 1.55. The van der Waals surface area contributed by atoms with Crippen LogP contribution in [0.1, 0.15) is 30.9 Å². The topological polar surface area (TPSA) is 67.9 Å². The minimum absolute atomic E-state index is 0.0208. The fourth-order valence-corrected chi connectivity index (χ4v) is 3.72. The number of ether oxygens (including phenoxy) is 2. The second kappa shape index (κ2) is 9.65. The Hall–Kier alpha value is -3.02. The van der Waals surface area contributed by atoms with Crippen molar-refractivity contribution in [3.63, 3.8) is 0 Å². The summed E-state index contributed by atoms with van der Waals surface area (Å²) in [4.78, 5) is 27.3. The molecule has 1 heterocycles. The van der Waals surface area contributed by atoms with Gasteiger partial charge in [0, 0.05) is 19.6 Å². The van der Waals surface area contributed by atoms with E-state index in [1.165, 1.54) is 0 Å². The van der Waals surface area contributed by atoms with Gasteiger partial charge < -0.3 is 19.7 Å². The molecule has 1 fully saturated rings. The summed E-state index contributed by atoms with van der Waals surface area (Å²) in [5.74, 6) is 1.34. The normalized spacial score (nSPS) is 18.6. The monoisotopic (exact) mass is 410 g/mol. The van der Waals surface area contributed by atoms with Gasteiger partial charge in [-0.05, 0) is 62.1 Å². The number of carbonyl (C=O) groups excluding carboxylic acids is 2. The molecule has 0 aromatic heterocycles. The molecule has 2 amide bonds. The lowest BCUT2D eigenvalue weighted by atomic mass is 9.81. The molecule has 6 heteroatoms. The van der Waals surface area contributed by atoms with E-state index in [2.05, 4.69) is 5.32 Å². The first-order chi connectivity index (χ1) is 14.4. The van der Waals surface area contributed by atoms with Crippen LogP contribution >= 0.6 is 0 Å². The van der Waals surface area contributed by atoms with E-state index in [9.17, 15) is 9.59 Å². The summed E-state index contributed by atoms with van der Waals surface area (Å²) in [5.41, 5.74) is 1.48. The van der Waals surface area contributed by atoms with Crippen LogP contribution in [0.4, 0.5) is 0 Å². The Kier molecular flexibility index (Phi) is 6.98. The molecule has 2 aromatic rings. The first-order valence-electron chi connectivity index (χ1n) is 10.3. The largest absolute Gasteiger partial charge is 0.497 e. The van der Waals surface area contributed by atoms with E-state index in [4.69, 9.17) is 9.47 Å².